The monoisotopic (exact) mass is 413 g/mol. The van der Waals surface area contributed by atoms with Crippen LogP contribution in [0.5, 0.6) is 0 Å². The van der Waals surface area contributed by atoms with E-state index in [1.807, 2.05) is 18.3 Å². The lowest BCUT2D eigenvalue weighted by Crippen LogP contribution is -2.06. The van der Waals surface area contributed by atoms with Gasteiger partial charge in [0.15, 0.2) is 0 Å². The number of hydrogen-bond acceptors (Lipinski definition) is 2. The minimum Gasteiger partial charge on any atom is -0.299 e. The van der Waals surface area contributed by atoms with Crippen LogP contribution >= 0.6 is 22.6 Å². The maximum atomic E-state index is 12.5. The van der Waals surface area contributed by atoms with E-state index in [-0.39, 0.29) is 5.92 Å². The second-order valence-electron chi connectivity index (χ2n) is 6.20. The first kappa shape index (κ1) is 14.8. The van der Waals surface area contributed by atoms with E-state index in [0.717, 1.165) is 22.8 Å². The molecule has 1 aliphatic carbocycles. The second-order valence-corrected chi connectivity index (χ2v) is 7.45. The molecule has 1 heterocycles. The molecule has 0 bridgehead atoms. The SMILES string of the molecule is O=C(Cc1ccc2cnccc2c1)C1CC1c1ccc(I)cc1. The Kier molecular flexibility index (Phi) is 3.89. The van der Waals surface area contributed by atoms with E-state index < -0.39 is 0 Å². The highest BCUT2D eigenvalue weighted by Crippen LogP contribution is 2.48. The minimum absolute atomic E-state index is 0.197. The topological polar surface area (TPSA) is 30.0 Å². The van der Waals surface area contributed by atoms with E-state index in [0.29, 0.717) is 18.1 Å². The fraction of sp³-hybridized carbons (Fsp3) is 0.200. The number of fused-ring (bicyclic) bond motifs is 1. The van der Waals surface area contributed by atoms with Crippen molar-refractivity contribution < 1.29 is 4.79 Å². The molecular formula is C20H16INO. The zero-order valence-corrected chi connectivity index (χ0v) is 14.7. The molecule has 3 heteroatoms. The van der Waals surface area contributed by atoms with Gasteiger partial charge in [-0.2, -0.15) is 0 Å². The van der Waals surface area contributed by atoms with E-state index in [1.165, 1.54) is 9.13 Å². The quantitative estimate of drug-likeness (QED) is 0.578. The molecule has 4 rings (SSSR count). The Morgan fingerprint density at radius 3 is 2.74 bits per heavy atom. The van der Waals surface area contributed by atoms with E-state index in [4.69, 9.17) is 0 Å². The molecule has 0 N–H and O–H groups in total. The highest BCUT2D eigenvalue weighted by Gasteiger charge is 2.43. The first-order valence-electron chi connectivity index (χ1n) is 7.81. The summed E-state index contributed by atoms with van der Waals surface area (Å²) < 4.78 is 1.24. The summed E-state index contributed by atoms with van der Waals surface area (Å²) in [6.07, 6.45) is 5.18. The Balaban J connectivity index is 1.46. The van der Waals surface area contributed by atoms with Crippen molar-refractivity contribution in [3.8, 4) is 0 Å². The van der Waals surface area contributed by atoms with Crippen LogP contribution in [0.1, 0.15) is 23.5 Å². The van der Waals surface area contributed by atoms with E-state index in [2.05, 4.69) is 64.0 Å². The first-order valence-corrected chi connectivity index (χ1v) is 8.89. The third-order valence-corrected chi connectivity index (χ3v) is 5.30. The maximum absolute atomic E-state index is 12.5. The number of aromatic nitrogens is 1. The molecule has 1 aromatic heterocycles. The van der Waals surface area contributed by atoms with E-state index >= 15 is 0 Å². The Labute approximate surface area is 149 Å². The third-order valence-electron chi connectivity index (χ3n) is 4.59. The Morgan fingerprint density at radius 1 is 1.09 bits per heavy atom. The molecule has 3 aromatic rings. The van der Waals surface area contributed by atoms with Crippen molar-refractivity contribution >= 4 is 39.1 Å². The molecule has 114 valence electrons. The lowest BCUT2D eigenvalue weighted by Gasteiger charge is -2.04. The number of rotatable bonds is 4. The minimum atomic E-state index is 0.197. The zero-order valence-electron chi connectivity index (χ0n) is 12.6. The largest absolute Gasteiger partial charge is 0.299 e. The summed E-state index contributed by atoms with van der Waals surface area (Å²) in [6.45, 7) is 0. The molecule has 0 amide bonds. The van der Waals surface area contributed by atoms with Gasteiger partial charge < -0.3 is 0 Å². The summed E-state index contributed by atoms with van der Waals surface area (Å²) in [7, 11) is 0. The molecule has 0 spiro atoms. The number of nitrogens with zero attached hydrogens (tertiary/aromatic N) is 1. The van der Waals surface area contributed by atoms with Gasteiger partial charge in [0, 0.05) is 33.7 Å². The van der Waals surface area contributed by atoms with Crippen LogP contribution in [-0.4, -0.2) is 10.8 Å². The Morgan fingerprint density at radius 2 is 1.91 bits per heavy atom. The summed E-state index contributed by atoms with van der Waals surface area (Å²) in [4.78, 5) is 16.7. The van der Waals surface area contributed by atoms with Gasteiger partial charge in [0.2, 0.25) is 0 Å². The van der Waals surface area contributed by atoms with Crippen LogP contribution in [0.25, 0.3) is 10.8 Å². The van der Waals surface area contributed by atoms with Crippen molar-refractivity contribution in [2.75, 3.05) is 0 Å². The lowest BCUT2D eigenvalue weighted by molar-refractivity contribution is -0.119. The lowest BCUT2D eigenvalue weighted by atomic mass is 10.0. The van der Waals surface area contributed by atoms with Gasteiger partial charge in [-0.3, -0.25) is 9.78 Å². The van der Waals surface area contributed by atoms with Crippen molar-refractivity contribution in [3.63, 3.8) is 0 Å². The van der Waals surface area contributed by atoms with E-state index in [9.17, 15) is 4.79 Å². The van der Waals surface area contributed by atoms with Gasteiger partial charge in [0.1, 0.15) is 5.78 Å². The summed E-state index contributed by atoms with van der Waals surface area (Å²) in [6, 6.07) is 16.7. The highest BCUT2D eigenvalue weighted by atomic mass is 127. The van der Waals surface area contributed by atoms with Crippen molar-refractivity contribution in [2.24, 2.45) is 5.92 Å². The number of pyridine rings is 1. The smallest absolute Gasteiger partial charge is 0.140 e. The number of hydrogen-bond donors (Lipinski definition) is 0. The number of benzene rings is 2. The van der Waals surface area contributed by atoms with Crippen molar-refractivity contribution in [1.29, 1.82) is 0 Å². The summed E-state index contributed by atoms with van der Waals surface area (Å²) >= 11 is 2.31. The third kappa shape index (κ3) is 3.15. The Bertz CT molecular complexity index is 872. The predicted molar refractivity (Wildman–Crippen MR) is 100 cm³/mol. The van der Waals surface area contributed by atoms with Crippen LogP contribution in [0, 0.1) is 9.49 Å². The molecule has 1 aliphatic rings. The normalized spacial score (nSPS) is 19.7. The zero-order chi connectivity index (χ0) is 15.8. The molecular weight excluding hydrogens is 397 g/mol. The predicted octanol–water partition coefficient (Wildman–Crippen LogP) is 4.75. The standard InChI is InChI=1S/C20H16INO/c21-17-5-3-14(4-6-17)18-11-19(18)20(23)10-13-1-2-16-12-22-8-7-15(16)9-13/h1-9,12,18-19H,10-11H2. The van der Waals surface area contributed by atoms with Crippen LogP contribution in [0.3, 0.4) is 0 Å². The van der Waals surface area contributed by atoms with Crippen LogP contribution < -0.4 is 0 Å². The van der Waals surface area contributed by atoms with Gasteiger partial charge in [0.05, 0.1) is 0 Å². The van der Waals surface area contributed by atoms with Gasteiger partial charge in [-0.05, 0) is 69.6 Å². The highest BCUT2D eigenvalue weighted by molar-refractivity contribution is 14.1. The van der Waals surface area contributed by atoms with Crippen LogP contribution in [0.2, 0.25) is 0 Å². The van der Waals surface area contributed by atoms with Crippen LogP contribution in [0.4, 0.5) is 0 Å². The van der Waals surface area contributed by atoms with Gasteiger partial charge >= 0.3 is 0 Å². The molecule has 23 heavy (non-hydrogen) atoms. The van der Waals surface area contributed by atoms with Crippen molar-refractivity contribution in [1.82, 2.24) is 4.98 Å². The van der Waals surface area contributed by atoms with Gasteiger partial charge in [-0.25, -0.2) is 0 Å². The molecule has 2 nitrogen and oxygen atoms in total. The van der Waals surface area contributed by atoms with Gasteiger partial charge in [-0.15, -0.1) is 0 Å². The van der Waals surface area contributed by atoms with E-state index in [1.54, 1.807) is 6.20 Å². The van der Waals surface area contributed by atoms with Gasteiger partial charge in [-0.1, -0.05) is 30.3 Å². The molecule has 2 atom stereocenters. The summed E-state index contributed by atoms with van der Waals surface area (Å²) in [5.74, 6) is 0.981. The number of Topliss-reactive ketones (excluding diaryl/α,β-unsaturated/α-hetero) is 1. The van der Waals surface area contributed by atoms with Crippen molar-refractivity contribution in [3.05, 3.63) is 75.6 Å². The molecule has 2 unspecified atom stereocenters. The number of carbonyl (C=O) groups is 1. The fourth-order valence-corrected chi connectivity index (χ4v) is 3.56. The summed E-state index contributed by atoms with van der Waals surface area (Å²) in [5, 5.41) is 2.27. The molecule has 0 radical (unpaired) electrons. The first-order chi connectivity index (χ1) is 11.2. The summed E-state index contributed by atoms with van der Waals surface area (Å²) in [5.41, 5.74) is 2.40. The molecule has 2 aromatic carbocycles. The molecule has 1 fully saturated rings. The van der Waals surface area contributed by atoms with Crippen LogP contribution in [-0.2, 0) is 11.2 Å². The number of halogens is 1. The Hall–Kier alpha value is -1.75. The van der Waals surface area contributed by atoms with Crippen molar-refractivity contribution in [2.45, 2.75) is 18.8 Å². The number of carbonyl (C=O) groups excluding carboxylic acids is 1. The fourth-order valence-electron chi connectivity index (χ4n) is 3.20. The maximum Gasteiger partial charge on any atom is 0.140 e. The second kappa shape index (κ2) is 6.04. The molecule has 0 aliphatic heterocycles. The number of ketones is 1. The van der Waals surface area contributed by atoms with Gasteiger partial charge in [0.25, 0.3) is 0 Å². The molecule has 0 saturated heterocycles. The van der Waals surface area contributed by atoms with Crippen LogP contribution in [0.15, 0.2) is 60.9 Å². The average Bonchev–Trinajstić information content (AvgIpc) is 3.36. The molecule has 1 saturated carbocycles. The average molecular weight is 413 g/mol.